The van der Waals surface area contributed by atoms with Gasteiger partial charge in [-0.25, -0.2) is 9.67 Å². The highest BCUT2D eigenvalue weighted by molar-refractivity contribution is 5.94. The van der Waals surface area contributed by atoms with Gasteiger partial charge in [0.1, 0.15) is 0 Å². The van der Waals surface area contributed by atoms with Crippen molar-refractivity contribution < 1.29 is 9.59 Å². The minimum absolute atomic E-state index is 0.0400. The second-order valence-electron chi connectivity index (χ2n) is 5.71. The van der Waals surface area contributed by atoms with E-state index >= 15 is 0 Å². The molecular formula is C16H19N5O2. The zero-order valence-corrected chi connectivity index (χ0v) is 13.2. The minimum Gasteiger partial charge on any atom is -0.333 e. The van der Waals surface area contributed by atoms with Gasteiger partial charge < -0.3 is 10.2 Å². The Labute approximate surface area is 134 Å². The molecule has 3 rings (SSSR count). The number of aromatic nitrogens is 3. The summed E-state index contributed by atoms with van der Waals surface area (Å²) in [4.78, 5) is 29.4. The molecule has 1 fully saturated rings. The normalized spacial score (nSPS) is 14.3. The van der Waals surface area contributed by atoms with Crippen molar-refractivity contribution in [2.75, 3.05) is 18.4 Å². The highest BCUT2D eigenvalue weighted by Crippen LogP contribution is 2.13. The molecule has 120 valence electrons. The van der Waals surface area contributed by atoms with Gasteiger partial charge in [0.05, 0.1) is 24.1 Å². The van der Waals surface area contributed by atoms with Gasteiger partial charge in [-0.15, -0.1) is 0 Å². The SMILES string of the molecule is Cc1cc(C)n(-c2ccc(NC(=O)CN3CCCC3=O)cn2)n1. The van der Waals surface area contributed by atoms with Crippen molar-refractivity contribution in [1.82, 2.24) is 19.7 Å². The van der Waals surface area contributed by atoms with Crippen molar-refractivity contribution in [3.63, 3.8) is 0 Å². The largest absolute Gasteiger partial charge is 0.333 e. The molecule has 0 radical (unpaired) electrons. The molecule has 7 heteroatoms. The van der Waals surface area contributed by atoms with Crippen LogP contribution in [0.3, 0.4) is 0 Å². The summed E-state index contributed by atoms with van der Waals surface area (Å²) >= 11 is 0. The van der Waals surface area contributed by atoms with Crippen LogP contribution in [0.2, 0.25) is 0 Å². The molecule has 0 unspecified atom stereocenters. The van der Waals surface area contributed by atoms with Crippen LogP contribution in [-0.2, 0) is 9.59 Å². The summed E-state index contributed by atoms with van der Waals surface area (Å²) in [5.74, 6) is 0.530. The first-order chi connectivity index (χ1) is 11.0. The number of hydrogen-bond donors (Lipinski definition) is 1. The third-order valence-corrected chi connectivity index (χ3v) is 3.76. The van der Waals surface area contributed by atoms with Gasteiger partial charge in [0.2, 0.25) is 11.8 Å². The van der Waals surface area contributed by atoms with E-state index in [1.165, 1.54) is 0 Å². The Morgan fingerprint density at radius 3 is 2.74 bits per heavy atom. The van der Waals surface area contributed by atoms with Gasteiger partial charge in [-0.2, -0.15) is 5.10 Å². The zero-order valence-electron chi connectivity index (χ0n) is 13.2. The number of nitrogens with zero attached hydrogens (tertiary/aromatic N) is 4. The van der Waals surface area contributed by atoms with Gasteiger partial charge in [-0.3, -0.25) is 9.59 Å². The van der Waals surface area contributed by atoms with E-state index in [0.29, 0.717) is 24.5 Å². The predicted molar refractivity (Wildman–Crippen MR) is 85.3 cm³/mol. The molecule has 0 atom stereocenters. The average molecular weight is 313 g/mol. The van der Waals surface area contributed by atoms with Crippen molar-refractivity contribution in [2.24, 2.45) is 0 Å². The Balaban J connectivity index is 1.64. The fraction of sp³-hybridized carbons (Fsp3) is 0.375. The van der Waals surface area contributed by atoms with E-state index in [1.54, 1.807) is 27.9 Å². The number of rotatable bonds is 4. The summed E-state index contributed by atoms with van der Waals surface area (Å²) < 4.78 is 1.75. The van der Waals surface area contributed by atoms with Crippen LogP contribution in [0.5, 0.6) is 0 Å². The second kappa shape index (κ2) is 6.20. The number of pyridine rings is 1. The maximum absolute atomic E-state index is 12.0. The lowest BCUT2D eigenvalue weighted by Crippen LogP contribution is -2.33. The lowest BCUT2D eigenvalue weighted by Gasteiger charge is -2.15. The van der Waals surface area contributed by atoms with E-state index < -0.39 is 0 Å². The number of aryl methyl sites for hydroxylation is 2. The van der Waals surface area contributed by atoms with Crippen LogP contribution in [0.4, 0.5) is 5.69 Å². The van der Waals surface area contributed by atoms with E-state index in [2.05, 4.69) is 15.4 Å². The Kier molecular flexibility index (Phi) is 4.10. The van der Waals surface area contributed by atoms with E-state index in [0.717, 1.165) is 17.8 Å². The molecule has 0 aliphatic carbocycles. The van der Waals surface area contributed by atoms with E-state index in [9.17, 15) is 9.59 Å². The van der Waals surface area contributed by atoms with Crippen molar-refractivity contribution in [3.05, 3.63) is 35.8 Å². The molecular weight excluding hydrogens is 294 g/mol. The molecule has 0 bridgehead atoms. The molecule has 0 saturated carbocycles. The molecule has 2 aromatic heterocycles. The summed E-state index contributed by atoms with van der Waals surface area (Å²) in [5, 5.41) is 7.13. The summed E-state index contributed by atoms with van der Waals surface area (Å²) in [7, 11) is 0. The minimum atomic E-state index is -0.207. The Morgan fingerprint density at radius 1 is 1.35 bits per heavy atom. The molecule has 1 N–H and O–H groups in total. The fourth-order valence-corrected chi connectivity index (χ4v) is 2.69. The topological polar surface area (TPSA) is 80.1 Å². The number of amides is 2. The second-order valence-corrected chi connectivity index (χ2v) is 5.71. The molecule has 0 spiro atoms. The molecule has 2 amide bonds. The summed E-state index contributed by atoms with van der Waals surface area (Å²) in [6.07, 6.45) is 2.95. The van der Waals surface area contributed by atoms with Gasteiger partial charge in [0, 0.05) is 18.7 Å². The maximum Gasteiger partial charge on any atom is 0.244 e. The number of carbonyl (C=O) groups excluding carboxylic acids is 2. The van der Waals surface area contributed by atoms with Crippen LogP contribution >= 0.6 is 0 Å². The number of anilines is 1. The van der Waals surface area contributed by atoms with Crippen LogP contribution in [0.1, 0.15) is 24.2 Å². The molecule has 1 aliphatic heterocycles. The summed E-state index contributed by atoms with van der Waals surface area (Å²) in [5.41, 5.74) is 2.53. The third-order valence-electron chi connectivity index (χ3n) is 3.76. The smallest absolute Gasteiger partial charge is 0.244 e. The number of carbonyl (C=O) groups is 2. The third kappa shape index (κ3) is 3.39. The van der Waals surface area contributed by atoms with Crippen LogP contribution < -0.4 is 5.32 Å². The van der Waals surface area contributed by atoms with E-state index in [4.69, 9.17) is 0 Å². The Hall–Kier alpha value is -2.70. The molecule has 1 aliphatic rings. The predicted octanol–water partition coefficient (Wildman–Crippen LogP) is 1.45. The molecule has 7 nitrogen and oxygen atoms in total. The van der Waals surface area contributed by atoms with Crippen molar-refractivity contribution in [3.8, 4) is 5.82 Å². The number of nitrogens with one attached hydrogen (secondary N) is 1. The highest BCUT2D eigenvalue weighted by atomic mass is 16.2. The highest BCUT2D eigenvalue weighted by Gasteiger charge is 2.22. The molecule has 2 aromatic rings. The van der Waals surface area contributed by atoms with Gasteiger partial charge >= 0.3 is 0 Å². The van der Waals surface area contributed by atoms with Gasteiger partial charge in [0.15, 0.2) is 5.82 Å². The van der Waals surface area contributed by atoms with Gasteiger partial charge in [0.25, 0.3) is 0 Å². The van der Waals surface area contributed by atoms with Crippen molar-refractivity contribution in [2.45, 2.75) is 26.7 Å². The number of likely N-dealkylation sites (tertiary alicyclic amines) is 1. The fourth-order valence-electron chi connectivity index (χ4n) is 2.69. The first-order valence-electron chi connectivity index (χ1n) is 7.60. The monoisotopic (exact) mass is 313 g/mol. The molecule has 1 saturated heterocycles. The van der Waals surface area contributed by atoms with Crippen LogP contribution in [0.15, 0.2) is 24.4 Å². The first kappa shape index (κ1) is 15.2. The lowest BCUT2D eigenvalue weighted by molar-refractivity contribution is -0.131. The summed E-state index contributed by atoms with van der Waals surface area (Å²) in [6, 6.07) is 5.56. The molecule has 3 heterocycles. The van der Waals surface area contributed by atoms with Crippen LogP contribution in [0.25, 0.3) is 5.82 Å². The summed E-state index contributed by atoms with van der Waals surface area (Å²) in [6.45, 7) is 4.64. The zero-order chi connectivity index (χ0) is 16.4. The van der Waals surface area contributed by atoms with Crippen LogP contribution in [-0.4, -0.2) is 44.6 Å². The van der Waals surface area contributed by atoms with Crippen molar-refractivity contribution >= 4 is 17.5 Å². The Bertz CT molecular complexity index is 735. The van der Waals surface area contributed by atoms with Gasteiger partial charge in [-0.1, -0.05) is 0 Å². The van der Waals surface area contributed by atoms with E-state index in [1.807, 2.05) is 19.9 Å². The molecule has 23 heavy (non-hydrogen) atoms. The van der Waals surface area contributed by atoms with Gasteiger partial charge in [-0.05, 0) is 38.5 Å². The van der Waals surface area contributed by atoms with Crippen LogP contribution in [0, 0.1) is 13.8 Å². The molecule has 0 aromatic carbocycles. The lowest BCUT2D eigenvalue weighted by atomic mass is 10.3. The maximum atomic E-state index is 12.0. The van der Waals surface area contributed by atoms with Crippen molar-refractivity contribution in [1.29, 1.82) is 0 Å². The average Bonchev–Trinajstić information content (AvgIpc) is 3.05. The quantitative estimate of drug-likeness (QED) is 0.926. The standard InChI is InChI=1S/C16H19N5O2/c1-11-8-12(2)21(19-11)14-6-5-13(9-17-14)18-15(22)10-20-7-3-4-16(20)23/h5-6,8-9H,3-4,7,10H2,1-2H3,(H,18,22). The Morgan fingerprint density at radius 2 is 2.17 bits per heavy atom. The number of hydrogen-bond acceptors (Lipinski definition) is 4. The van der Waals surface area contributed by atoms with E-state index in [-0.39, 0.29) is 18.4 Å². The first-order valence-corrected chi connectivity index (χ1v) is 7.60.